The van der Waals surface area contributed by atoms with Crippen LogP contribution in [0, 0.1) is 0 Å². The van der Waals surface area contributed by atoms with E-state index in [0.717, 1.165) is 22.9 Å². The highest BCUT2D eigenvalue weighted by Crippen LogP contribution is 2.46. The third-order valence-electron chi connectivity index (χ3n) is 6.78. The van der Waals surface area contributed by atoms with E-state index in [0.29, 0.717) is 40.1 Å². The van der Waals surface area contributed by atoms with Crippen molar-refractivity contribution in [1.82, 2.24) is 30.0 Å². The monoisotopic (exact) mass is 627 g/mol. The standard InChI is InChI=1S/C27H30BrN7O4S/c1-29-27(37)25-21-13-20(17-5-6-17)24(14-22(21)32-35(25)19-9-7-18(28)8-10-19)34(40(3,38)39)12-4-11-30-26(36)23-15-33(2)16-31-23/h7-10,13-17H,4-6,11-12H2,1-3H3,(H,29,37)(H,30,36). The number of carbonyl (C=O) groups is 2. The van der Waals surface area contributed by atoms with Crippen LogP contribution in [0.4, 0.5) is 5.69 Å². The molecule has 0 atom stereocenters. The number of carbonyl (C=O) groups excluding carboxylic acids is 2. The molecule has 0 radical (unpaired) electrons. The molecule has 5 rings (SSSR count). The summed E-state index contributed by atoms with van der Waals surface area (Å²) in [6, 6.07) is 11.1. The Hall–Kier alpha value is -3.71. The molecule has 2 aromatic heterocycles. The van der Waals surface area contributed by atoms with Crippen LogP contribution in [0.5, 0.6) is 0 Å². The van der Waals surface area contributed by atoms with Gasteiger partial charge in [-0.1, -0.05) is 15.9 Å². The molecular formula is C27H30BrN7O4S. The molecule has 0 unspecified atom stereocenters. The SMILES string of the molecule is CNC(=O)c1c2cc(C3CC3)c(N(CCCNC(=O)c3cn(C)cn3)S(C)(=O)=O)cc2nn1-c1ccc(Br)cc1. The first-order valence-corrected chi connectivity index (χ1v) is 15.5. The van der Waals surface area contributed by atoms with Crippen molar-refractivity contribution in [2.24, 2.45) is 7.05 Å². The van der Waals surface area contributed by atoms with Crippen molar-refractivity contribution in [1.29, 1.82) is 0 Å². The zero-order valence-electron chi connectivity index (χ0n) is 22.4. The molecule has 2 aromatic carbocycles. The van der Waals surface area contributed by atoms with E-state index in [1.165, 1.54) is 10.6 Å². The highest BCUT2D eigenvalue weighted by atomic mass is 79.9. The summed E-state index contributed by atoms with van der Waals surface area (Å²) < 4.78 is 31.6. The zero-order chi connectivity index (χ0) is 28.6. The summed E-state index contributed by atoms with van der Waals surface area (Å²) in [5.41, 5.74) is 3.33. The largest absolute Gasteiger partial charge is 0.354 e. The Morgan fingerprint density at radius 2 is 1.88 bits per heavy atom. The van der Waals surface area contributed by atoms with Crippen LogP contribution in [0.1, 0.15) is 51.7 Å². The van der Waals surface area contributed by atoms with Crippen LogP contribution in [-0.4, -0.2) is 66.0 Å². The maximum Gasteiger partial charge on any atom is 0.271 e. The lowest BCUT2D eigenvalue weighted by atomic mass is 10.0. The molecule has 4 aromatic rings. The fourth-order valence-electron chi connectivity index (χ4n) is 4.69. The lowest BCUT2D eigenvalue weighted by molar-refractivity contribution is 0.0944. The Bertz CT molecular complexity index is 1690. The summed E-state index contributed by atoms with van der Waals surface area (Å²) in [5.74, 6) is -0.406. The molecule has 1 aliphatic rings. The smallest absolute Gasteiger partial charge is 0.271 e. The number of aromatic nitrogens is 4. The van der Waals surface area contributed by atoms with Gasteiger partial charge in [0.05, 0.1) is 29.5 Å². The van der Waals surface area contributed by atoms with Gasteiger partial charge in [0, 0.05) is 43.2 Å². The molecule has 40 heavy (non-hydrogen) atoms. The number of benzene rings is 2. The second kappa shape index (κ2) is 11.0. The van der Waals surface area contributed by atoms with Crippen molar-refractivity contribution in [3.05, 3.63) is 70.3 Å². The van der Waals surface area contributed by atoms with Crippen LogP contribution in [0.2, 0.25) is 0 Å². The maximum absolute atomic E-state index is 13.0. The van der Waals surface area contributed by atoms with Gasteiger partial charge in [-0.05, 0) is 67.1 Å². The predicted molar refractivity (Wildman–Crippen MR) is 156 cm³/mol. The first kappa shape index (κ1) is 27.8. The third-order valence-corrected chi connectivity index (χ3v) is 8.49. The van der Waals surface area contributed by atoms with Crippen molar-refractivity contribution in [2.75, 3.05) is 30.7 Å². The quantitative estimate of drug-likeness (QED) is 0.259. The van der Waals surface area contributed by atoms with Crippen LogP contribution in [0.15, 0.2) is 53.4 Å². The number of aryl methyl sites for hydroxylation is 1. The fourth-order valence-corrected chi connectivity index (χ4v) is 5.93. The van der Waals surface area contributed by atoms with Crippen molar-refractivity contribution in [2.45, 2.75) is 25.2 Å². The van der Waals surface area contributed by atoms with Gasteiger partial charge in [-0.3, -0.25) is 13.9 Å². The molecular weight excluding hydrogens is 598 g/mol. The molecule has 0 bridgehead atoms. The van der Waals surface area contributed by atoms with Gasteiger partial charge < -0.3 is 15.2 Å². The summed E-state index contributed by atoms with van der Waals surface area (Å²) in [4.78, 5) is 29.4. The number of amides is 2. The van der Waals surface area contributed by atoms with Crippen LogP contribution < -0.4 is 14.9 Å². The molecule has 2 amide bonds. The van der Waals surface area contributed by atoms with Gasteiger partial charge >= 0.3 is 0 Å². The van der Waals surface area contributed by atoms with Crippen LogP contribution >= 0.6 is 15.9 Å². The summed E-state index contributed by atoms with van der Waals surface area (Å²) in [6.07, 6.45) is 6.61. The van der Waals surface area contributed by atoms with Crippen molar-refractivity contribution in [3.8, 4) is 5.69 Å². The summed E-state index contributed by atoms with van der Waals surface area (Å²) >= 11 is 3.44. The average Bonchev–Trinajstić information content (AvgIpc) is 3.56. The van der Waals surface area contributed by atoms with Crippen LogP contribution in [-0.2, 0) is 17.1 Å². The summed E-state index contributed by atoms with van der Waals surface area (Å²) in [6.45, 7) is 0.448. The van der Waals surface area contributed by atoms with Crippen molar-refractivity contribution < 1.29 is 18.0 Å². The molecule has 0 aliphatic heterocycles. The number of nitrogens with zero attached hydrogens (tertiary/aromatic N) is 5. The molecule has 2 N–H and O–H groups in total. The topological polar surface area (TPSA) is 131 Å². The van der Waals surface area contributed by atoms with Crippen LogP contribution in [0.25, 0.3) is 16.6 Å². The molecule has 210 valence electrons. The molecule has 1 aliphatic carbocycles. The highest BCUT2D eigenvalue weighted by molar-refractivity contribution is 9.10. The predicted octanol–water partition coefficient (Wildman–Crippen LogP) is 3.34. The first-order chi connectivity index (χ1) is 19.1. The van der Waals surface area contributed by atoms with Gasteiger partial charge in [0.25, 0.3) is 11.8 Å². The van der Waals surface area contributed by atoms with E-state index < -0.39 is 10.0 Å². The van der Waals surface area contributed by atoms with Crippen molar-refractivity contribution >= 4 is 54.4 Å². The average molecular weight is 629 g/mol. The molecule has 0 spiro atoms. The molecule has 13 heteroatoms. The highest BCUT2D eigenvalue weighted by Gasteiger charge is 2.32. The van der Waals surface area contributed by atoms with E-state index in [4.69, 9.17) is 5.10 Å². The third kappa shape index (κ3) is 5.75. The van der Waals surface area contributed by atoms with E-state index >= 15 is 0 Å². The minimum atomic E-state index is -3.66. The van der Waals surface area contributed by atoms with Gasteiger partial charge in [0.2, 0.25) is 10.0 Å². The Morgan fingerprint density at radius 1 is 1.15 bits per heavy atom. The summed E-state index contributed by atoms with van der Waals surface area (Å²) in [7, 11) is -0.310. The van der Waals surface area contributed by atoms with E-state index in [9.17, 15) is 18.0 Å². The van der Waals surface area contributed by atoms with E-state index in [-0.39, 0.29) is 30.8 Å². The second-order valence-electron chi connectivity index (χ2n) is 9.89. The van der Waals surface area contributed by atoms with E-state index in [2.05, 4.69) is 31.5 Å². The minimum Gasteiger partial charge on any atom is -0.354 e. The number of halogens is 1. The lowest BCUT2D eigenvalue weighted by Crippen LogP contribution is -2.34. The Labute approximate surface area is 240 Å². The normalized spacial score (nSPS) is 13.4. The zero-order valence-corrected chi connectivity index (χ0v) is 24.8. The fraction of sp³-hybridized carbons (Fsp3) is 0.333. The molecule has 1 fully saturated rings. The Kier molecular flexibility index (Phi) is 7.69. The maximum atomic E-state index is 13.0. The second-order valence-corrected chi connectivity index (χ2v) is 12.7. The molecule has 0 saturated heterocycles. The number of anilines is 1. The van der Waals surface area contributed by atoms with E-state index in [1.807, 2.05) is 30.3 Å². The lowest BCUT2D eigenvalue weighted by Gasteiger charge is -2.25. The summed E-state index contributed by atoms with van der Waals surface area (Å²) in [5, 5.41) is 10.9. The van der Waals surface area contributed by atoms with Crippen LogP contribution in [0.3, 0.4) is 0 Å². The number of imidazole rings is 1. The Balaban J connectivity index is 1.50. The number of hydrogen-bond donors (Lipinski definition) is 2. The van der Waals surface area contributed by atoms with E-state index in [1.54, 1.807) is 41.9 Å². The number of nitrogens with one attached hydrogen (secondary N) is 2. The molecule has 2 heterocycles. The minimum absolute atomic E-state index is 0.169. The first-order valence-electron chi connectivity index (χ1n) is 12.9. The number of hydrogen-bond acceptors (Lipinski definition) is 6. The van der Waals surface area contributed by atoms with Crippen molar-refractivity contribution in [3.63, 3.8) is 0 Å². The molecule has 1 saturated carbocycles. The van der Waals surface area contributed by atoms with Gasteiger partial charge in [-0.2, -0.15) is 5.10 Å². The van der Waals surface area contributed by atoms with Gasteiger partial charge in [-0.25, -0.2) is 18.1 Å². The number of fused-ring (bicyclic) bond motifs is 1. The van der Waals surface area contributed by atoms with Gasteiger partial charge in [0.1, 0.15) is 11.4 Å². The number of rotatable bonds is 10. The van der Waals surface area contributed by atoms with Gasteiger partial charge in [-0.15, -0.1) is 0 Å². The molecule has 11 nitrogen and oxygen atoms in total. The Morgan fingerprint density at radius 3 is 2.48 bits per heavy atom. The van der Waals surface area contributed by atoms with Gasteiger partial charge in [0.15, 0.2) is 0 Å². The number of sulfonamides is 1.